The number of nitrogens with zero attached hydrogens (tertiary/aromatic N) is 1. The van der Waals surface area contributed by atoms with Crippen LogP contribution in [0, 0.1) is 11.8 Å². The lowest BCUT2D eigenvalue weighted by Crippen LogP contribution is -2.32. The molecule has 1 heterocycles. The molecule has 0 aromatic carbocycles. The highest BCUT2D eigenvalue weighted by Crippen LogP contribution is 2.24. The van der Waals surface area contributed by atoms with Gasteiger partial charge < -0.3 is 10.2 Å². The molecule has 2 heteroatoms. The number of hydrogen-bond donors (Lipinski definition) is 1. The van der Waals surface area contributed by atoms with Gasteiger partial charge in [-0.25, -0.2) is 0 Å². The average Bonchev–Trinajstić information content (AvgIpc) is 2.71. The molecule has 1 aliphatic carbocycles. The van der Waals surface area contributed by atoms with Crippen molar-refractivity contribution in [2.45, 2.75) is 38.5 Å². The second-order valence-electron chi connectivity index (χ2n) is 5.58. The van der Waals surface area contributed by atoms with Crippen LogP contribution >= 0.6 is 0 Å². The lowest BCUT2D eigenvalue weighted by Gasteiger charge is -2.28. The van der Waals surface area contributed by atoms with Gasteiger partial charge in [-0.15, -0.1) is 0 Å². The summed E-state index contributed by atoms with van der Waals surface area (Å²) in [6.07, 6.45) is 8.77. The van der Waals surface area contributed by atoms with Crippen LogP contribution < -0.4 is 5.32 Å². The van der Waals surface area contributed by atoms with Gasteiger partial charge in [0.15, 0.2) is 0 Å². The summed E-state index contributed by atoms with van der Waals surface area (Å²) in [5.41, 5.74) is 0. The van der Waals surface area contributed by atoms with Gasteiger partial charge in [-0.2, -0.15) is 0 Å². The smallest absolute Gasteiger partial charge is 0.00193 e. The topological polar surface area (TPSA) is 15.3 Å². The summed E-state index contributed by atoms with van der Waals surface area (Å²) >= 11 is 0. The van der Waals surface area contributed by atoms with E-state index in [-0.39, 0.29) is 0 Å². The van der Waals surface area contributed by atoms with E-state index in [4.69, 9.17) is 0 Å². The minimum Gasteiger partial charge on any atom is -0.316 e. The van der Waals surface area contributed by atoms with Gasteiger partial charge in [0.25, 0.3) is 0 Å². The third-order valence-electron chi connectivity index (χ3n) is 4.03. The van der Waals surface area contributed by atoms with E-state index in [2.05, 4.69) is 17.3 Å². The minimum atomic E-state index is 0.915. The van der Waals surface area contributed by atoms with Crippen LogP contribution in [0.5, 0.6) is 0 Å². The molecule has 0 aromatic heterocycles. The Hall–Kier alpha value is -0.0800. The molecule has 1 N–H and O–H groups in total. The molecule has 1 saturated carbocycles. The average molecular weight is 210 g/mol. The summed E-state index contributed by atoms with van der Waals surface area (Å²) in [4.78, 5) is 2.58. The van der Waals surface area contributed by atoms with E-state index < -0.39 is 0 Å². The predicted molar refractivity (Wildman–Crippen MR) is 65.0 cm³/mol. The van der Waals surface area contributed by atoms with Gasteiger partial charge >= 0.3 is 0 Å². The molecule has 0 amide bonds. The number of rotatable bonds is 4. The molecule has 2 fully saturated rings. The zero-order valence-electron chi connectivity index (χ0n) is 10.2. The molecule has 2 aliphatic rings. The molecule has 1 saturated heterocycles. The van der Waals surface area contributed by atoms with Crippen molar-refractivity contribution in [1.82, 2.24) is 10.2 Å². The maximum Gasteiger partial charge on any atom is 0.00193 e. The summed E-state index contributed by atoms with van der Waals surface area (Å²) in [6.45, 7) is 5.14. The second-order valence-corrected chi connectivity index (χ2v) is 5.58. The Balaban J connectivity index is 1.64. The minimum absolute atomic E-state index is 0.915. The van der Waals surface area contributed by atoms with E-state index in [0.29, 0.717) is 0 Å². The Morgan fingerprint density at radius 2 is 1.73 bits per heavy atom. The monoisotopic (exact) mass is 210 g/mol. The van der Waals surface area contributed by atoms with Crippen LogP contribution in [0.25, 0.3) is 0 Å². The fourth-order valence-electron chi connectivity index (χ4n) is 3.20. The van der Waals surface area contributed by atoms with E-state index in [1.807, 2.05) is 0 Å². The van der Waals surface area contributed by atoms with Gasteiger partial charge in [0, 0.05) is 13.1 Å². The summed E-state index contributed by atoms with van der Waals surface area (Å²) in [7, 11) is 2.31. The zero-order valence-corrected chi connectivity index (χ0v) is 10.2. The molecule has 1 atom stereocenters. The van der Waals surface area contributed by atoms with Crippen molar-refractivity contribution >= 4 is 0 Å². The van der Waals surface area contributed by atoms with Gasteiger partial charge in [0.2, 0.25) is 0 Å². The van der Waals surface area contributed by atoms with Gasteiger partial charge in [-0.3, -0.25) is 0 Å². The summed E-state index contributed by atoms with van der Waals surface area (Å²) < 4.78 is 0. The van der Waals surface area contributed by atoms with Gasteiger partial charge in [-0.1, -0.05) is 19.3 Å². The van der Waals surface area contributed by atoms with Crippen molar-refractivity contribution < 1.29 is 0 Å². The molecule has 2 rings (SSSR count). The molecule has 0 aromatic rings. The van der Waals surface area contributed by atoms with E-state index in [1.165, 1.54) is 64.7 Å². The van der Waals surface area contributed by atoms with Crippen molar-refractivity contribution in [2.75, 3.05) is 33.2 Å². The molecular weight excluding hydrogens is 184 g/mol. The van der Waals surface area contributed by atoms with Crippen molar-refractivity contribution in [1.29, 1.82) is 0 Å². The fraction of sp³-hybridized carbons (Fsp3) is 1.00. The van der Waals surface area contributed by atoms with Gasteiger partial charge in [-0.05, 0) is 51.2 Å². The zero-order chi connectivity index (χ0) is 10.5. The van der Waals surface area contributed by atoms with Crippen molar-refractivity contribution in [3.05, 3.63) is 0 Å². The largest absolute Gasteiger partial charge is 0.316 e. The predicted octanol–water partition coefficient (Wildman–Crippen LogP) is 2.11. The molecular formula is C13H26N2. The maximum atomic E-state index is 3.45. The van der Waals surface area contributed by atoms with Crippen molar-refractivity contribution in [3.63, 3.8) is 0 Å². The summed E-state index contributed by atoms with van der Waals surface area (Å²) in [6, 6.07) is 0. The molecule has 1 aliphatic heterocycles. The Labute approximate surface area is 94.4 Å². The molecule has 2 nitrogen and oxygen atoms in total. The van der Waals surface area contributed by atoms with Crippen LogP contribution in [0.4, 0.5) is 0 Å². The van der Waals surface area contributed by atoms with Crippen molar-refractivity contribution in [3.8, 4) is 0 Å². The normalized spacial score (nSPS) is 28.8. The SMILES string of the molecule is CN(CC1CCCCC1)CC1CCNC1. The molecule has 0 spiro atoms. The molecule has 1 unspecified atom stereocenters. The Morgan fingerprint density at radius 3 is 2.40 bits per heavy atom. The second kappa shape index (κ2) is 5.86. The highest BCUT2D eigenvalue weighted by molar-refractivity contribution is 4.75. The van der Waals surface area contributed by atoms with Gasteiger partial charge in [0.1, 0.15) is 0 Å². The maximum absolute atomic E-state index is 3.45. The molecule has 88 valence electrons. The highest BCUT2D eigenvalue weighted by Gasteiger charge is 2.19. The Bertz CT molecular complexity index is 169. The first-order chi connectivity index (χ1) is 7.34. The van der Waals surface area contributed by atoms with Crippen LogP contribution in [0.3, 0.4) is 0 Å². The quantitative estimate of drug-likeness (QED) is 0.764. The number of nitrogens with one attached hydrogen (secondary N) is 1. The van der Waals surface area contributed by atoms with Crippen LogP contribution in [-0.4, -0.2) is 38.1 Å². The number of hydrogen-bond acceptors (Lipinski definition) is 2. The van der Waals surface area contributed by atoms with Gasteiger partial charge in [0.05, 0.1) is 0 Å². The molecule has 0 bridgehead atoms. The lowest BCUT2D eigenvalue weighted by molar-refractivity contribution is 0.212. The van der Waals surface area contributed by atoms with E-state index >= 15 is 0 Å². The Morgan fingerprint density at radius 1 is 1.00 bits per heavy atom. The van der Waals surface area contributed by atoms with E-state index in [0.717, 1.165) is 11.8 Å². The van der Waals surface area contributed by atoms with Crippen molar-refractivity contribution in [2.24, 2.45) is 11.8 Å². The van der Waals surface area contributed by atoms with E-state index in [9.17, 15) is 0 Å². The van der Waals surface area contributed by atoms with Crippen LogP contribution in [-0.2, 0) is 0 Å². The third-order valence-corrected chi connectivity index (χ3v) is 4.03. The third kappa shape index (κ3) is 3.76. The van der Waals surface area contributed by atoms with Crippen LogP contribution in [0.1, 0.15) is 38.5 Å². The van der Waals surface area contributed by atoms with Crippen LogP contribution in [0.2, 0.25) is 0 Å². The fourth-order valence-corrected chi connectivity index (χ4v) is 3.20. The first kappa shape index (κ1) is 11.4. The van der Waals surface area contributed by atoms with E-state index in [1.54, 1.807) is 0 Å². The lowest BCUT2D eigenvalue weighted by atomic mass is 9.89. The first-order valence-corrected chi connectivity index (χ1v) is 6.74. The summed E-state index contributed by atoms with van der Waals surface area (Å²) in [5, 5.41) is 3.45. The standard InChI is InChI=1S/C13H26N2/c1-15(11-13-7-8-14-9-13)10-12-5-3-2-4-6-12/h12-14H,2-11H2,1H3. The highest BCUT2D eigenvalue weighted by atomic mass is 15.1. The molecule has 15 heavy (non-hydrogen) atoms. The first-order valence-electron chi connectivity index (χ1n) is 6.74. The van der Waals surface area contributed by atoms with Crippen LogP contribution in [0.15, 0.2) is 0 Å². The Kier molecular flexibility index (Phi) is 4.45. The molecule has 0 radical (unpaired) electrons. The summed E-state index contributed by atoms with van der Waals surface area (Å²) in [5.74, 6) is 1.91.